The van der Waals surface area contributed by atoms with Crippen LogP contribution in [-0.4, -0.2) is 31.0 Å². The highest BCUT2D eigenvalue weighted by molar-refractivity contribution is 7.14. The number of carbonyl (C=O) groups is 2. The number of rotatable bonds is 8. The first-order valence-corrected chi connectivity index (χ1v) is 9.68. The molecule has 0 fully saturated rings. The second-order valence-electron chi connectivity index (χ2n) is 6.16. The number of methoxy groups -OCH3 is 2. The van der Waals surface area contributed by atoms with E-state index in [0.717, 1.165) is 5.56 Å². The summed E-state index contributed by atoms with van der Waals surface area (Å²) >= 11 is 1.25. The molecular weight excluding hydrogens is 394 g/mol. The predicted molar refractivity (Wildman–Crippen MR) is 109 cm³/mol. The molecule has 0 bridgehead atoms. The highest BCUT2D eigenvalue weighted by Gasteiger charge is 2.15. The van der Waals surface area contributed by atoms with Gasteiger partial charge in [0.1, 0.15) is 0 Å². The van der Waals surface area contributed by atoms with E-state index in [1.54, 1.807) is 37.8 Å². The molecule has 152 valence electrons. The molecule has 29 heavy (non-hydrogen) atoms. The number of amides is 2. The third-order valence-corrected chi connectivity index (χ3v) is 4.95. The monoisotopic (exact) mass is 415 g/mol. The fraction of sp³-hybridized carbons (Fsp3) is 0.250. The van der Waals surface area contributed by atoms with Crippen molar-refractivity contribution < 1.29 is 23.5 Å². The maximum atomic E-state index is 12.4. The van der Waals surface area contributed by atoms with Crippen molar-refractivity contribution in [1.82, 2.24) is 10.3 Å². The summed E-state index contributed by atoms with van der Waals surface area (Å²) in [5, 5.41) is 7.72. The van der Waals surface area contributed by atoms with E-state index in [4.69, 9.17) is 13.9 Å². The van der Waals surface area contributed by atoms with Crippen molar-refractivity contribution in [3.05, 3.63) is 59.0 Å². The minimum absolute atomic E-state index is 0.102. The smallest absolute Gasteiger partial charge is 0.293 e. The lowest BCUT2D eigenvalue weighted by molar-refractivity contribution is -0.121. The Morgan fingerprint density at radius 2 is 2.00 bits per heavy atom. The lowest BCUT2D eigenvalue weighted by Crippen LogP contribution is -2.28. The van der Waals surface area contributed by atoms with Crippen LogP contribution in [0.15, 0.2) is 46.4 Å². The molecule has 2 aromatic heterocycles. The Bertz CT molecular complexity index is 984. The van der Waals surface area contributed by atoms with Crippen LogP contribution in [0, 0.1) is 0 Å². The van der Waals surface area contributed by atoms with Crippen molar-refractivity contribution in [2.24, 2.45) is 0 Å². The molecule has 0 saturated carbocycles. The number of anilines is 1. The third-order valence-electron chi connectivity index (χ3n) is 4.14. The van der Waals surface area contributed by atoms with Crippen molar-refractivity contribution in [2.75, 3.05) is 19.5 Å². The van der Waals surface area contributed by atoms with Crippen molar-refractivity contribution in [2.45, 2.75) is 19.4 Å². The zero-order valence-electron chi connectivity index (χ0n) is 16.2. The fourth-order valence-electron chi connectivity index (χ4n) is 2.67. The topological polar surface area (TPSA) is 103 Å². The van der Waals surface area contributed by atoms with E-state index in [2.05, 4.69) is 15.6 Å². The summed E-state index contributed by atoms with van der Waals surface area (Å²) in [6, 6.07) is 8.47. The van der Waals surface area contributed by atoms with Crippen molar-refractivity contribution in [3.8, 4) is 11.5 Å². The molecule has 0 radical (unpaired) electrons. The first kappa shape index (κ1) is 20.4. The van der Waals surface area contributed by atoms with Crippen LogP contribution >= 0.6 is 11.3 Å². The van der Waals surface area contributed by atoms with E-state index >= 15 is 0 Å². The minimum Gasteiger partial charge on any atom is -0.493 e. The summed E-state index contributed by atoms with van der Waals surface area (Å²) < 4.78 is 15.6. The van der Waals surface area contributed by atoms with Crippen LogP contribution in [0.25, 0.3) is 0 Å². The van der Waals surface area contributed by atoms with E-state index in [1.165, 1.54) is 17.6 Å². The van der Waals surface area contributed by atoms with Gasteiger partial charge in [0.25, 0.3) is 5.91 Å². The number of aromatic nitrogens is 1. The Balaban J connectivity index is 1.57. The molecule has 2 amide bonds. The second-order valence-corrected chi connectivity index (χ2v) is 7.01. The first-order chi connectivity index (χ1) is 14.0. The Labute approximate surface area is 171 Å². The molecule has 8 nitrogen and oxygen atoms in total. The van der Waals surface area contributed by atoms with Crippen LogP contribution in [0.4, 0.5) is 5.13 Å². The zero-order chi connectivity index (χ0) is 20.8. The largest absolute Gasteiger partial charge is 0.493 e. The molecule has 3 rings (SSSR count). The van der Waals surface area contributed by atoms with Gasteiger partial charge < -0.3 is 19.2 Å². The summed E-state index contributed by atoms with van der Waals surface area (Å²) in [7, 11) is 3.14. The van der Waals surface area contributed by atoms with Crippen molar-refractivity contribution in [1.29, 1.82) is 0 Å². The number of hydrogen-bond donors (Lipinski definition) is 2. The zero-order valence-corrected chi connectivity index (χ0v) is 17.0. The fourth-order valence-corrected chi connectivity index (χ4v) is 3.38. The van der Waals surface area contributed by atoms with Gasteiger partial charge in [-0.25, -0.2) is 4.98 Å². The van der Waals surface area contributed by atoms with Gasteiger partial charge in [-0.2, -0.15) is 0 Å². The van der Waals surface area contributed by atoms with E-state index < -0.39 is 0 Å². The number of ether oxygens (including phenoxy) is 2. The molecule has 0 aliphatic heterocycles. The summed E-state index contributed by atoms with van der Waals surface area (Å²) in [6.07, 6.45) is 1.52. The Morgan fingerprint density at radius 1 is 1.21 bits per heavy atom. The van der Waals surface area contributed by atoms with E-state index in [1.807, 2.05) is 19.1 Å². The average Bonchev–Trinajstić information content (AvgIpc) is 3.39. The molecule has 0 aliphatic carbocycles. The molecule has 1 aromatic carbocycles. The molecule has 2 N–H and O–H groups in total. The molecule has 0 spiro atoms. The molecule has 2 heterocycles. The summed E-state index contributed by atoms with van der Waals surface area (Å²) in [4.78, 5) is 28.6. The van der Waals surface area contributed by atoms with Gasteiger partial charge in [-0.05, 0) is 36.8 Å². The number of nitrogens with one attached hydrogen (secondary N) is 2. The van der Waals surface area contributed by atoms with Gasteiger partial charge in [0.2, 0.25) is 5.91 Å². The van der Waals surface area contributed by atoms with Crippen LogP contribution < -0.4 is 20.1 Å². The quantitative estimate of drug-likeness (QED) is 0.584. The molecule has 0 aliphatic rings. The SMILES string of the molecule is COc1ccc(C(C)NC(=O)Cc2csc(NC(=O)c3ccco3)n2)cc1OC. The summed E-state index contributed by atoms with van der Waals surface area (Å²) in [6.45, 7) is 1.88. The van der Waals surface area contributed by atoms with Gasteiger partial charge in [-0.1, -0.05) is 6.07 Å². The van der Waals surface area contributed by atoms with Crippen molar-refractivity contribution in [3.63, 3.8) is 0 Å². The number of nitrogens with zero attached hydrogens (tertiary/aromatic N) is 1. The van der Waals surface area contributed by atoms with Gasteiger partial charge in [-0.3, -0.25) is 14.9 Å². The van der Waals surface area contributed by atoms with Crippen LogP contribution in [0.3, 0.4) is 0 Å². The second kappa shape index (κ2) is 9.24. The van der Waals surface area contributed by atoms with Gasteiger partial charge in [-0.15, -0.1) is 11.3 Å². The minimum atomic E-state index is -0.387. The lowest BCUT2D eigenvalue weighted by Gasteiger charge is -2.16. The number of benzene rings is 1. The number of thiazole rings is 1. The lowest BCUT2D eigenvalue weighted by atomic mass is 10.1. The van der Waals surface area contributed by atoms with Gasteiger partial charge in [0, 0.05) is 5.38 Å². The van der Waals surface area contributed by atoms with E-state index in [-0.39, 0.29) is 30.0 Å². The predicted octanol–water partition coefficient (Wildman–Crippen LogP) is 3.43. The summed E-state index contributed by atoms with van der Waals surface area (Å²) in [5.41, 5.74) is 1.46. The van der Waals surface area contributed by atoms with Crippen LogP contribution in [0.1, 0.15) is 34.8 Å². The Hall–Kier alpha value is -3.33. The highest BCUT2D eigenvalue weighted by Crippen LogP contribution is 2.30. The van der Waals surface area contributed by atoms with Crippen LogP contribution in [0.5, 0.6) is 11.5 Å². The maximum absolute atomic E-state index is 12.4. The Kier molecular flexibility index (Phi) is 6.50. The van der Waals surface area contributed by atoms with Gasteiger partial charge in [0.15, 0.2) is 22.4 Å². The molecule has 0 saturated heterocycles. The maximum Gasteiger partial charge on any atom is 0.293 e. The standard InChI is InChI=1S/C20H21N3O5S/c1-12(13-6-7-15(26-2)17(9-13)27-3)21-18(24)10-14-11-29-20(22-14)23-19(25)16-5-4-8-28-16/h4-9,11-12H,10H2,1-3H3,(H,21,24)(H,22,23,25). The first-order valence-electron chi connectivity index (χ1n) is 8.80. The molecule has 9 heteroatoms. The number of carbonyl (C=O) groups excluding carboxylic acids is 2. The molecule has 1 unspecified atom stereocenters. The number of furan rings is 1. The van der Waals surface area contributed by atoms with Gasteiger partial charge >= 0.3 is 0 Å². The van der Waals surface area contributed by atoms with E-state index in [0.29, 0.717) is 22.3 Å². The normalized spacial score (nSPS) is 11.6. The summed E-state index contributed by atoms with van der Waals surface area (Å²) in [5.74, 6) is 0.857. The van der Waals surface area contributed by atoms with Gasteiger partial charge in [0.05, 0.1) is 38.6 Å². The molecular formula is C20H21N3O5S. The van der Waals surface area contributed by atoms with Crippen LogP contribution in [0.2, 0.25) is 0 Å². The van der Waals surface area contributed by atoms with Crippen LogP contribution in [-0.2, 0) is 11.2 Å². The third kappa shape index (κ3) is 5.14. The average molecular weight is 415 g/mol. The number of hydrogen-bond acceptors (Lipinski definition) is 7. The van der Waals surface area contributed by atoms with Crippen molar-refractivity contribution >= 4 is 28.3 Å². The Morgan fingerprint density at radius 3 is 2.69 bits per heavy atom. The molecule has 3 aromatic rings. The van der Waals surface area contributed by atoms with E-state index in [9.17, 15) is 9.59 Å². The highest BCUT2D eigenvalue weighted by atomic mass is 32.1. The molecule has 1 atom stereocenters.